The minimum absolute atomic E-state index is 0.450. The minimum Gasteiger partial charge on any atom is -0.324 e. The van der Waals surface area contributed by atoms with E-state index in [1.54, 1.807) is 6.07 Å². The van der Waals surface area contributed by atoms with Crippen LogP contribution in [0.4, 0.5) is 13.2 Å². The Morgan fingerprint density at radius 2 is 1.71 bits per heavy atom. The van der Waals surface area contributed by atoms with Gasteiger partial charge in [0.2, 0.25) is 0 Å². The summed E-state index contributed by atoms with van der Waals surface area (Å²) in [6.07, 6.45) is -3.82. The van der Waals surface area contributed by atoms with Crippen LogP contribution in [0, 0.1) is 13.8 Å². The van der Waals surface area contributed by atoms with Crippen LogP contribution in [0.15, 0.2) is 42.5 Å². The van der Waals surface area contributed by atoms with Gasteiger partial charge in [-0.3, -0.25) is 0 Å². The third-order valence-corrected chi connectivity index (χ3v) is 3.67. The van der Waals surface area contributed by atoms with Gasteiger partial charge >= 0.3 is 6.18 Å². The molecule has 0 heterocycles. The molecule has 112 valence electrons. The smallest absolute Gasteiger partial charge is 0.324 e. The molecule has 0 fully saturated rings. The number of alkyl halides is 3. The van der Waals surface area contributed by atoms with Crippen LogP contribution in [0.1, 0.15) is 33.9 Å². The Hall–Kier alpha value is -1.81. The molecule has 4 heteroatoms. The highest BCUT2D eigenvalue weighted by molar-refractivity contribution is 5.33. The molecule has 0 amide bonds. The summed E-state index contributed by atoms with van der Waals surface area (Å²) < 4.78 is 38.1. The predicted octanol–water partition coefficient (Wildman–Crippen LogP) is 4.56. The number of aryl methyl sites for hydroxylation is 2. The average molecular weight is 293 g/mol. The van der Waals surface area contributed by atoms with Crippen molar-refractivity contribution in [2.75, 3.05) is 0 Å². The molecular weight excluding hydrogens is 275 g/mol. The van der Waals surface area contributed by atoms with Gasteiger partial charge in [-0.1, -0.05) is 30.3 Å². The van der Waals surface area contributed by atoms with Gasteiger partial charge in [0.05, 0.1) is 5.56 Å². The van der Waals surface area contributed by atoms with E-state index in [0.29, 0.717) is 12.0 Å². The molecule has 2 N–H and O–H groups in total. The topological polar surface area (TPSA) is 26.0 Å². The first-order valence-corrected chi connectivity index (χ1v) is 6.76. The van der Waals surface area contributed by atoms with E-state index in [2.05, 4.69) is 0 Å². The first-order valence-electron chi connectivity index (χ1n) is 6.76. The van der Waals surface area contributed by atoms with Crippen molar-refractivity contribution in [2.24, 2.45) is 5.73 Å². The third kappa shape index (κ3) is 3.85. The van der Waals surface area contributed by atoms with Gasteiger partial charge in [-0.15, -0.1) is 0 Å². The van der Waals surface area contributed by atoms with Crippen molar-refractivity contribution in [3.8, 4) is 0 Å². The van der Waals surface area contributed by atoms with E-state index < -0.39 is 17.8 Å². The maximum Gasteiger partial charge on any atom is 0.416 e. The lowest BCUT2D eigenvalue weighted by molar-refractivity contribution is -0.137. The number of hydrogen-bond donors (Lipinski definition) is 1. The maximum atomic E-state index is 12.7. The quantitative estimate of drug-likeness (QED) is 0.881. The Kier molecular flexibility index (Phi) is 4.37. The SMILES string of the molecule is Cc1ccc(CC(N)c2cccc(C(F)(F)F)c2)cc1C. The van der Waals surface area contributed by atoms with Gasteiger partial charge in [0.25, 0.3) is 0 Å². The standard InChI is InChI=1S/C17H18F3N/c1-11-6-7-13(8-12(11)2)9-16(21)14-4-3-5-15(10-14)17(18,19)20/h3-8,10,16H,9,21H2,1-2H3. The zero-order valence-corrected chi connectivity index (χ0v) is 12.0. The lowest BCUT2D eigenvalue weighted by Gasteiger charge is -2.15. The molecule has 0 spiro atoms. The minimum atomic E-state index is -4.34. The molecule has 0 aromatic heterocycles. The molecule has 1 atom stereocenters. The fourth-order valence-corrected chi connectivity index (χ4v) is 2.25. The molecule has 0 saturated heterocycles. The Morgan fingerprint density at radius 1 is 1.00 bits per heavy atom. The van der Waals surface area contributed by atoms with Crippen LogP contribution < -0.4 is 5.73 Å². The summed E-state index contributed by atoms with van der Waals surface area (Å²) >= 11 is 0. The number of benzene rings is 2. The van der Waals surface area contributed by atoms with Crippen LogP contribution in [0.2, 0.25) is 0 Å². The van der Waals surface area contributed by atoms with Crippen molar-refractivity contribution >= 4 is 0 Å². The van der Waals surface area contributed by atoms with Gasteiger partial charge in [0, 0.05) is 6.04 Å². The van der Waals surface area contributed by atoms with Crippen LogP contribution in [-0.2, 0) is 12.6 Å². The third-order valence-electron chi connectivity index (χ3n) is 3.67. The Morgan fingerprint density at radius 3 is 2.33 bits per heavy atom. The molecule has 2 aromatic rings. The molecule has 21 heavy (non-hydrogen) atoms. The molecule has 0 aliphatic carbocycles. The predicted molar refractivity (Wildman–Crippen MR) is 78.0 cm³/mol. The molecule has 0 bridgehead atoms. The van der Waals surface area contributed by atoms with Crippen molar-refractivity contribution in [2.45, 2.75) is 32.5 Å². The number of halogens is 3. The van der Waals surface area contributed by atoms with E-state index in [1.807, 2.05) is 32.0 Å². The highest BCUT2D eigenvalue weighted by Gasteiger charge is 2.30. The Bertz CT molecular complexity index is 632. The van der Waals surface area contributed by atoms with Gasteiger partial charge < -0.3 is 5.73 Å². The molecule has 2 aromatic carbocycles. The molecule has 1 unspecified atom stereocenters. The summed E-state index contributed by atoms with van der Waals surface area (Å²) in [7, 11) is 0. The molecule has 0 aliphatic rings. The van der Waals surface area contributed by atoms with Crippen LogP contribution in [0.5, 0.6) is 0 Å². The van der Waals surface area contributed by atoms with Gasteiger partial charge in [0.15, 0.2) is 0 Å². The van der Waals surface area contributed by atoms with E-state index >= 15 is 0 Å². The van der Waals surface area contributed by atoms with Crippen molar-refractivity contribution in [3.63, 3.8) is 0 Å². The molecule has 0 saturated carbocycles. The first-order chi connectivity index (χ1) is 9.77. The number of hydrogen-bond acceptors (Lipinski definition) is 1. The second-order valence-electron chi connectivity index (χ2n) is 5.35. The fourth-order valence-electron chi connectivity index (χ4n) is 2.25. The van der Waals surface area contributed by atoms with Gasteiger partial charge in [-0.2, -0.15) is 13.2 Å². The molecule has 0 aliphatic heterocycles. The summed E-state index contributed by atoms with van der Waals surface area (Å²) in [6.45, 7) is 4.03. The zero-order chi connectivity index (χ0) is 15.6. The largest absolute Gasteiger partial charge is 0.416 e. The van der Waals surface area contributed by atoms with E-state index in [-0.39, 0.29) is 0 Å². The van der Waals surface area contributed by atoms with Crippen LogP contribution >= 0.6 is 0 Å². The van der Waals surface area contributed by atoms with Crippen LogP contribution in [-0.4, -0.2) is 0 Å². The first kappa shape index (κ1) is 15.6. The maximum absolute atomic E-state index is 12.7. The Balaban J connectivity index is 2.20. The number of rotatable bonds is 3. The van der Waals surface area contributed by atoms with Gasteiger partial charge in [-0.05, 0) is 54.7 Å². The van der Waals surface area contributed by atoms with Crippen molar-refractivity contribution < 1.29 is 13.2 Å². The molecular formula is C17H18F3N. The zero-order valence-electron chi connectivity index (χ0n) is 12.0. The van der Waals surface area contributed by atoms with Crippen LogP contribution in [0.3, 0.4) is 0 Å². The van der Waals surface area contributed by atoms with Crippen molar-refractivity contribution in [1.82, 2.24) is 0 Å². The van der Waals surface area contributed by atoms with Crippen molar-refractivity contribution in [3.05, 3.63) is 70.3 Å². The second kappa shape index (κ2) is 5.90. The van der Waals surface area contributed by atoms with E-state index in [1.165, 1.54) is 11.6 Å². The highest BCUT2D eigenvalue weighted by Crippen LogP contribution is 2.31. The number of nitrogens with two attached hydrogens (primary N) is 1. The van der Waals surface area contributed by atoms with E-state index in [9.17, 15) is 13.2 Å². The monoisotopic (exact) mass is 293 g/mol. The average Bonchev–Trinajstić information content (AvgIpc) is 2.42. The van der Waals surface area contributed by atoms with E-state index in [4.69, 9.17) is 5.73 Å². The summed E-state index contributed by atoms with van der Waals surface area (Å²) in [5, 5.41) is 0. The normalized spacial score (nSPS) is 13.2. The summed E-state index contributed by atoms with van der Waals surface area (Å²) in [5.41, 5.74) is 9.28. The highest BCUT2D eigenvalue weighted by atomic mass is 19.4. The van der Waals surface area contributed by atoms with Crippen molar-refractivity contribution in [1.29, 1.82) is 0 Å². The summed E-state index contributed by atoms with van der Waals surface area (Å²) in [4.78, 5) is 0. The van der Waals surface area contributed by atoms with Gasteiger partial charge in [0.1, 0.15) is 0 Å². The molecule has 0 radical (unpaired) electrons. The fraction of sp³-hybridized carbons (Fsp3) is 0.294. The summed E-state index contributed by atoms with van der Waals surface area (Å²) in [5.74, 6) is 0. The summed E-state index contributed by atoms with van der Waals surface area (Å²) in [6, 6.07) is 10.8. The van der Waals surface area contributed by atoms with Gasteiger partial charge in [-0.25, -0.2) is 0 Å². The molecule has 2 rings (SSSR count). The van der Waals surface area contributed by atoms with E-state index in [0.717, 1.165) is 23.3 Å². The van der Waals surface area contributed by atoms with Crippen LogP contribution in [0.25, 0.3) is 0 Å². The lowest BCUT2D eigenvalue weighted by atomic mass is 9.96. The lowest BCUT2D eigenvalue weighted by Crippen LogP contribution is -2.15. The second-order valence-corrected chi connectivity index (χ2v) is 5.35. The molecule has 1 nitrogen and oxygen atoms in total. The Labute approximate surface area is 122 Å².